The third kappa shape index (κ3) is 3.26. The molecule has 1 aliphatic rings. The van der Waals surface area contributed by atoms with E-state index in [0.29, 0.717) is 4.75 Å². The Kier molecular flexibility index (Phi) is 4.71. The van der Waals surface area contributed by atoms with E-state index in [2.05, 4.69) is 25.3 Å². The van der Waals surface area contributed by atoms with Crippen molar-refractivity contribution in [2.24, 2.45) is 0 Å². The molecule has 1 nitrogen and oxygen atoms in total. The van der Waals surface area contributed by atoms with Gasteiger partial charge < -0.3 is 4.74 Å². The number of hydrogen-bond acceptors (Lipinski definition) is 2. The SMILES string of the molecule is C=COCCCC1(CC)CCCS1. The maximum Gasteiger partial charge on any atom is 0.0873 e. The molecule has 76 valence electrons. The van der Waals surface area contributed by atoms with Gasteiger partial charge >= 0.3 is 0 Å². The Labute approximate surface area is 85.9 Å². The maximum absolute atomic E-state index is 5.14. The predicted molar refractivity (Wildman–Crippen MR) is 60.1 cm³/mol. The molecule has 2 heteroatoms. The summed E-state index contributed by atoms with van der Waals surface area (Å²) in [6.07, 6.45) is 8.14. The lowest BCUT2D eigenvalue weighted by Crippen LogP contribution is -2.20. The van der Waals surface area contributed by atoms with Gasteiger partial charge in [0.25, 0.3) is 0 Å². The molecule has 0 bridgehead atoms. The van der Waals surface area contributed by atoms with Gasteiger partial charge in [0.1, 0.15) is 0 Å². The summed E-state index contributed by atoms with van der Waals surface area (Å²) in [5, 5.41) is 0. The highest BCUT2D eigenvalue weighted by molar-refractivity contribution is 8.00. The fraction of sp³-hybridized carbons (Fsp3) is 0.818. The highest BCUT2D eigenvalue weighted by Gasteiger charge is 2.31. The first-order valence-electron chi connectivity index (χ1n) is 5.19. The lowest BCUT2D eigenvalue weighted by Gasteiger charge is -2.26. The smallest absolute Gasteiger partial charge is 0.0873 e. The molecular formula is C11H20OS. The van der Waals surface area contributed by atoms with Crippen LogP contribution in [0.4, 0.5) is 0 Å². The van der Waals surface area contributed by atoms with Gasteiger partial charge in [-0.05, 0) is 37.9 Å². The van der Waals surface area contributed by atoms with E-state index in [9.17, 15) is 0 Å². The van der Waals surface area contributed by atoms with Gasteiger partial charge in [0.15, 0.2) is 0 Å². The molecule has 0 aromatic heterocycles. The Morgan fingerprint density at radius 3 is 3.00 bits per heavy atom. The molecule has 0 N–H and O–H groups in total. The molecule has 0 radical (unpaired) electrons. The van der Waals surface area contributed by atoms with E-state index in [-0.39, 0.29) is 0 Å². The molecular weight excluding hydrogens is 180 g/mol. The van der Waals surface area contributed by atoms with E-state index < -0.39 is 0 Å². The van der Waals surface area contributed by atoms with Gasteiger partial charge in [0.05, 0.1) is 12.9 Å². The Morgan fingerprint density at radius 2 is 2.46 bits per heavy atom. The monoisotopic (exact) mass is 200 g/mol. The first-order chi connectivity index (χ1) is 6.33. The van der Waals surface area contributed by atoms with Crippen molar-refractivity contribution in [2.75, 3.05) is 12.4 Å². The lowest BCUT2D eigenvalue weighted by molar-refractivity contribution is 0.236. The molecule has 1 aliphatic heterocycles. The molecule has 1 rings (SSSR count). The Balaban J connectivity index is 2.19. The summed E-state index contributed by atoms with van der Waals surface area (Å²) in [5.74, 6) is 1.36. The van der Waals surface area contributed by atoms with Gasteiger partial charge in [-0.25, -0.2) is 0 Å². The van der Waals surface area contributed by atoms with Crippen molar-refractivity contribution in [1.29, 1.82) is 0 Å². The molecule has 0 aliphatic carbocycles. The molecule has 1 fully saturated rings. The van der Waals surface area contributed by atoms with Crippen LogP contribution in [0, 0.1) is 0 Å². The largest absolute Gasteiger partial charge is 0.502 e. The van der Waals surface area contributed by atoms with Crippen LogP contribution in [0.15, 0.2) is 12.8 Å². The van der Waals surface area contributed by atoms with Crippen LogP contribution in [0.2, 0.25) is 0 Å². The summed E-state index contributed by atoms with van der Waals surface area (Å²) < 4.78 is 5.73. The van der Waals surface area contributed by atoms with Crippen LogP contribution < -0.4 is 0 Å². The minimum atomic E-state index is 0.588. The van der Waals surface area contributed by atoms with E-state index >= 15 is 0 Å². The minimum absolute atomic E-state index is 0.588. The van der Waals surface area contributed by atoms with Crippen LogP contribution in [0.25, 0.3) is 0 Å². The topological polar surface area (TPSA) is 9.23 Å². The maximum atomic E-state index is 5.14. The standard InChI is InChI=1S/C11H20OS/c1-3-11(8-6-10-13-11)7-5-9-12-4-2/h4H,2-3,5-10H2,1H3. The Bertz CT molecular complexity index is 150. The molecule has 0 aromatic rings. The molecule has 0 aromatic carbocycles. The molecule has 1 saturated heterocycles. The van der Waals surface area contributed by atoms with Crippen molar-refractivity contribution < 1.29 is 4.74 Å². The van der Waals surface area contributed by atoms with Gasteiger partial charge in [0, 0.05) is 4.75 Å². The number of thioether (sulfide) groups is 1. The third-order valence-electron chi connectivity index (χ3n) is 2.84. The second-order valence-electron chi connectivity index (χ2n) is 3.63. The predicted octanol–water partition coefficient (Wildman–Crippen LogP) is 3.60. The minimum Gasteiger partial charge on any atom is -0.502 e. The molecule has 1 unspecified atom stereocenters. The van der Waals surface area contributed by atoms with Crippen LogP contribution in [0.3, 0.4) is 0 Å². The average molecular weight is 200 g/mol. The van der Waals surface area contributed by atoms with Crippen LogP contribution >= 0.6 is 11.8 Å². The second-order valence-corrected chi connectivity index (χ2v) is 5.19. The van der Waals surface area contributed by atoms with E-state index in [0.717, 1.165) is 6.61 Å². The van der Waals surface area contributed by atoms with Crippen molar-refractivity contribution in [2.45, 2.75) is 43.8 Å². The fourth-order valence-corrected chi connectivity index (χ4v) is 3.47. The number of hydrogen-bond donors (Lipinski definition) is 0. The van der Waals surface area contributed by atoms with Crippen LogP contribution in [0.5, 0.6) is 0 Å². The quantitative estimate of drug-likeness (QED) is 0.478. The first-order valence-corrected chi connectivity index (χ1v) is 6.18. The summed E-state index contributed by atoms with van der Waals surface area (Å²) in [6, 6.07) is 0. The van der Waals surface area contributed by atoms with Crippen molar-refractivity contribution >= 4 is 11.8 Å². The van der Waals surface area contributed by atoms with Crippen LogP contribution in [-0.4, -0.2) is 17.1 Å². The number of ether oxygens (including phenoxy) is 1. The van der Waals surface area contributed by atoms with Gasteiger partial charge in [-0.1, -0.05) is 13.5 Å². The van der Waals surface area contributed by atoms with E-state index in [1.165, 1.54) is 37.9 Å². The van der Waals surface area contributed by atoms with Crippen LogP contribution in [-0.2, 0) is 4.74 Å². The second kappa shape index (κ2) is 5.58. The zero-order valence-corrected chi connectivity index (χ0v) is 9.37. The van der Waals surface area contributed by atoms with E-state index in [4.69, 9.17) is 4.74 Å². The molecule has 0 spiro atoms. The summed E-state index contributed by atoms with van der Waals surface area (Å²) >= 11 is 2.17. The molecule has 13 heavy (non-hydrogen) atoms. The van der Waals surface area contributed by atoms with E-state index in [1.54, 1.807) is 6.26 Å². The number of rotatable bonds is 6. The summed E-state index contributed by atoms with van der Waals surface area (Å²) in [7, 11) is 0. The first kappa shape index (κ1) is 11.0. The van der Waals surface area contributed by atoms with Gasteiger partial charge in [-0.15, -0.1) is 0 Å². The normalized spacial score (nSPS) is 27.5. The Morgan fingerprint density at radius 1 is 1.62 bits per heavy atom. The van der Waals surface area contributed by atoms with Gasteiger partial charge in [-0.2, -0.15) is 11.8 Å². The Hall–Kier alpha value is -0.110. The zero-order valence-electron chi connectivity index (χ0n) is 8.55. The molecule has 0 saturated carbocycles. The zero-order chi connectivity index (χ0) is 9.57. The molecule has 1 atom stereocenters. The van der Waals surface area contributed by atoms with E-state index in [1.807, 2.05) is 0 Å². The summed E-state index contributed by atoms with van der Waals surface area (Å²) in [4.78, 5) is 0. The lowest BCUT2D eigenvalue weighted by atomic mass is 9.95. The van der Waals surface area contributed by atoms with Crippen molar-refractivity contribution in [1.82, 2.24) is 0 Å². The fourth-order valence-electron chi connectivity index (χ4n) is 1.97. The third-order valence-corrected chi connectivity index (χ3v) is 4.64. The highest BCUT2D eigenvalue weighted by Crippen LogP contribution is 2.44. The molecule has 0 amide bonds. The van der Waals surface area contributed by atoms with Crippen molar-refractivity contribution in [3.63, 3.8) is 0 Å². The van der Waals surface area contributed by atoms with Gasteiger partial charge in [0.2, 0.25) is 0 Å². The van der Waals surface area contributed by atoms with Crippen molar-refractivity contribution in [3.05, 3.63) is 12.8 Å². The molecule has 1 heterocycles. The summed E-state index contributed by atoms with van der Waals surface area (Å²) in [5.41, 5.74) is 0. The average Bonchev–Trinajstić information content (AvgIpc) is 2.62. The van der Waals surface area contributed by atoms with Crippen LogP contribution in [0.1, 0.15) is 39.0 Å². The van der Waals surface area contributed by atoms with Gasteiger partial charge in [-0.3, -0.25) is 0 Å². The van der Waals surface area contributed by atoms with Crippen molar-refractivity contribution in [3.8, 4) is 0 Å². The summed E-state index contributed by atoms with van der Waals surface area (Å²) in [6.45, 7) is 6.69. The highest BCUT2D eigenvalue weighted by atomic mass is 32.2.